The summed E-state index contributed by atoms with van der Waals surface area (Å²) in [6.07, 6.45) is -0.367. The molecule has 4 atom stereocenters. The molecule has 0 aromatic carbocycles. The molecule has 0 fully saturated rings. The molecule has 0 aliphatic rings. The molecule has 12 N–H and O–H groups in total. The average Bonchev–Trinajstić information content (AvgIpc) is 2.75. The summed E-state index contributed by atoms with van der Waals surface area (Å²) in [5.74, 6) is -5.25. The van der Waals surface area contributed by atoms with Gasteiger partial charge in [-0.1, -0.05) is 13.8 Å². The van der Waals surface area contributed by atoms with Gasteiger partial charge in [0.25, 0.3) is 0 Å². The van der Waals surface area contributed by atoms with Gasteiger partial charge in [0.1, 0.15) is 18.1 Å². The number of carboxylic acids is 2. The highest BCUT2D eigenvalue weighted by atomic mass is 16.4. The fraction of sp³-hybridized carbons (Fsp3) is 0.700. The summed E-state index contributed by atoms with van der Waals surface area (Å²) in [4.78, 5) is 63.6. The van der Waals surface area contributed by atoms with E-state index in [2.05, 4.69) is 20.9 Å². The number of nitrogens with zero attached hydrogens (tertiary/aromatic N) is 1. The van der Waals surface area contributed by atoms with Crippen LogP contribution in [-0.4, -0.2) is 88.3 Å². The molecule has 0 spiro atoms. The Labute approximate surface area is 202 Å². The Kier molecular flexibility index (Phi) is 14.6. The van der Waals surface area contributed by atoms with Crippen LogP contribution in [-0.2, 0) is 24.0 Å². The van der Waals surface area contributed by atoms with Gasteiger partial charge in [0.2, 0.25) is 17.7 Å². The molecule has 0 saturated heterocycles. The first-order valence-electron chi connectivity index (χ1n) is 11.1. The maximum atomic E-state index is 12.7. The van der Waals surface area contributed by atoms with Crippen LogP contribution >= 0.6 is 0 Å². The molecule has 0 rings (SSSR count). The molecule has 4 unspecified atom stereocenters. The van der Waals surface area contributed by atoms with Crippen LogP contribution < -0.4 is 33.2 Å². The van der Waals surface area contributed by atoms with Crippen molar-refractivity contribution in [3.05, 3.63) is 0 Å². The number of carbonyl (C=O) groups excluding carboxylic acids is 3. The van der Waals surface area contributed by atoms with Gasteiger partial charge in [-0.3, -0.25) is 24.2 Å². The van der Waals surface area contributed by atoms with Crippen LogP contribution in [0.5, 0.6) is 0 Å². The Hall–Kier alpha value is -3.46. The SMILES string of the molecule is CC(C)CC(N)C(=O)NC(CO)C(=O)NC(CCCN=C(N)N)C(=O)NC(CCC(=O)O)C(=O)O. The van der Waals surface area contributed by atoms with Crippen LogP contribution in [0, 0.1) is 5.92 Å². The summed E-state index contributed by atoms with van der Waals surface area (Å²) in [7, 11) is 0. The highest BCUT2D eigenvalue weighted by Gasteiger charge is 2.30. The van der Waals surface area contributed by atoms with E-state index in [0.717, 1.165) is 0 Å². The normalized spacial score (nSPS) is 14.2. The zero-order valence-electron chi connectivity index (χ0n) is 19.9. The van der Waals surface area contributed by atoms with E-state index in [9.17, 15) is 34.2 Å². The Morgan fingerprint density at radius 2 is 1.40 bits per heavy atom. The van der Waals surface area contributed by atoms with Crippen LogP contribution in [0.4, 0.5) is 0 Å². The van der Waals surface area contributed by atoms with E-state index in [4.69, 9.17) is 22.3 Å². The van der Waals surface area contributed by atoms with Gasteiger partial charge in [-0.15, -0.1) is 0 Å². The molecule has 0 aliphatic carbocycles. The number of guanidine groups is 1. The van der Waals surface area contributed by atoms with Crippen molar-refractivity contribution >= 4 is 35.6 Å². The number of amides is 3. The standard InChI is InChI=1S/C20H37N7O8/c1-10(2)8-11(21)16(31)27-14(9-28)18(33)25-12(4-3-7-24-20(22)23)17(32)26-13(19(34)35)5-6-15(29)30/h10-14,28H,3-9,21H2,1-2H3,(H,25,33)(H,26,32)(H,27,31)(H,29,30)(H,34,35)(H4,22,23,24). The summed E-state index contributed by atoms with van der Waals surface area (Å²) in [6.45, 7) is 3.03. The maximum absolute atomic E-state index is 12.7. The molecular weight excluding hydrogens is 466 g/mol. The summed E-state index contributed by atoms with van der Waals surface area (Å²) < 4.78 is 0. The number of nitrogens with two attached hydrogens (primary N) is 3. The predicted octanol–water partition coefficient (Wildman–Crippen LogP) is -3.19. The monoisotopic (exact) mass is 503 g/mol. The van der Waals surface area contributed by atoms with Gasteiger partial charge in [0.05, 0.1) is 12.6 Å². The van der Waals surface area contributed by atoms with Gasteiger partial charge < -0.3 is 48.5 Å². The molecule has 0 saturated carbocycles. The Bertz CT molecular complexity index is 771. The molecule has 0 aromatic heterocycles. The smallest absolute Gasteiger partial charge is 0.326 e. The van der Waals surface area contributed by atoms with Gasteiger partial charge in [-0.05, 0) is 31.6 Å². The largest absolute Gasteiger partial charge is 0.481 e. The second-order valence-electron chi connectivity index (χ2n) is 8.32. The van der Waals surface area contributed by atoms with E-state index in [0.29, 0.717) is 6.42 Å². The fourth-order valence-electron chi connectivity index (χ4n) is 2.93. The molecule has 3 amide bonds. The fourth-order valence-corrected chi connectivity index (χ4v) is 2.93. The molecule has 0 heterocycles. The first-order chi connectivity index (χ1) is 16.3. The van der Waals surface area contributed by atoms with E-state index < -0.39 is 66.9 Å². The van der Waals surface area contributed by atoms with Crippen molar-refractivity contribution in [2.75, 3.05) is 13.2 Å². The van der Waals surface area contributed by atoms with Gasteiger partial charge in [0, 0.05) is 13.0 Å². The van der Waals surface area contributed by atoms with Gasteiger partial charge in [-0.2, -0.15) is 0 Å². The van der Waals surface area contributed by atoms with E-state index >= 15 is 0 Å². The molecule has 15 nitrogen and oxygen atoms in total. The molecule has 35 heavy (non-hydrogen) atoms. The highest BCUT2D eigenvalue weighted by Crippen LogP contribution is 2.05. The topological polar surface area (TPSA) is 273 Å². The Morgan fingerprint density at radius 3 is 1.89 bits per heavy atom. The first kappa shape index (κ1) is 31.5. The summed E-state index contributed by atoms with van der Waals surface area (Å²) >= 11 is 0. The lowest BCUT2D eigenvalue weighted by molar-refractivity contribution is -0.143. The third kappa shape index (κ3) is 13.7. The molecule has 0 bridgehead atoms. The summed E-state index contributed by atoms with van der Waals surface area (Å²) in [6, 6.07) is -5.14. The van der Waals surface area contributed by atoms with Crippen LogP contribution in [0.1, 0.15) is 46.0 Å². The van der Waals surface area contributed by atoms with E-state index in [1.54, 1.807) is 0 Å². The minimum absolute atomic E-state index is 0.0292. The Balaban J connectivity index is 5.42. The minimum atomic E-state index is -1.52. The number of carbonyl (C=O) groups is 5. The van der Waals surface area contributed by atoms with Crippen molar-refractivity contribution in [3.8, 4) is 0 Å². The third-order valence-electron chi connectivity index (χ3n) is 4.72. The number of aliphatic imine (C=N–C) groups is 1. The zero-order valence-corrected chi connectivity index (χ0v) is 19.9. The van der Waals surface area contributed by atoms with Gasteiger partial charge >= 0.3 is 11.9 Å². The third-order valence-corrected chi connectivity index (χ3v) is 4.72. The minimum Gasteiger partial charge on any atom is -0.481 e. The van der Waals surface area contributed by atoms with Crippen molar-refractivity contribution in [1.29, 1.82) is 0 Å². The Morgan fingerprint density at radius 1 is 0.857 bits per heavy atom. The predicted molar refractivity (Wildman–Crippen MR) is 125 cm³/mol. The van der Waals surface area contributed by atoms with Gasteiger partial charge in [-0.25, -0.2) is 4.79 Å². The van der Waals surface area contributed by atoms with E-state index in [-0.39, 0.29) is 37.7 Å². The number of carboxylic acid groups (broad SMARTS) is 2. The average molecular weight is 504 g/mol. The van der Waals surface area contributed by atoms with Crippen molar-refractivity contribution in [2.45, 2.75) is 70.1 Å². The van der Waals surface area contributed by atoms with Crippen LogP contribution in [0.25, 0.3) is 0 Å². The number of aliphatic hydroxyl groups excluding tert-OH is 1. The van der Waals surface area contributed by atoms with Crippen molar-refractivity contribution in [1.82, 2.24) is 16.0 Å². The summed E-state index contributed by atoms with van der Waals surface area (Å²) in [5.41, 5.74) is 16.3. The van der Waals surface area contributed by atoms with Crippen LogP contribution in [0.3, 0.4) is 0 Å². The number of hydrogen-bond donors (Lipinski definition) is 9. The number of hydrogen-bond acceptors (Lipinski definition) is 8. The number of aliphatic carboxylic acids is 2. The van der Waals surface area contributed by atoms with Crippen molar-refractivity contribution in [2.24, 2.45) is 28.1 Å². The lowest BCUT2D eigenvalue weighted by Crippen LogP contribution is -2.58. The quantitative estimate of drug-likeness (QED) is 0.0541. The second kappa shape index (κ2) is 16.2. The molecule has 15 heteroatoms. The first-order valence-corrected chi connectivity index (χ1v) is 11.1. The van der Waals surface area contributed by atoms with E-state index in [1.165, 1.54) is 0 Å². The molecular formula is C20H37N7O8. The van der Waals surface area contributed by atoms with Crippen LogP contribution in [0.15, 0.2) is 4.99 Å². The van der Waals surface area contributed by atoms with E-state index in [1.807, 2.05) is 13.8 Å². The van der Waals surface area contributed by atoms with Crippen molar-refractivity contribution in [3.63, 3.8) is 0 Å². The lowest BCUT2D eigenvalue weighted by atomic mass is 10.0. The summed E-state index contributed by atoms with van der Waals surface area (Å²) in [5, 5.41) is 34.5. The molecule has 0 aliphatic heterocycles. The number of aliphatic hydroxyl groups is 1. The zero-order chi connectivity index (χ0) is 27.1. The lowest BCUT2D eigenvalue weighted by Gasteiger charge is -2.24. The van der Waals surface area contributed by atoms with Crippen molar-refractivity contribution < 1.29 is 39.3 Å². The highest BCUT2D eigenvalue weighted by molar-refractivity contribution is 5.94. The second-order valence-corrected chi connectivity index (χ2v) is 8.32. The van der Waals surface area contributed by atoms with Crippen LogP contribution in [0.2, 0.25) is 0 Å². The number of rotatable bonds is 17. The molecule has 200 valence electrons. The molecule has 0 radical (unpaired) electrons. The van der Waals surface area contributed by atoms with Gasteiger partial charge in [0.15, 0.2) is 5.96 Å². The molecule has 0 aromatic rings. The number of nitrogens with one attached hydrogen (secondary N) is 3. The maximum Gasteiger partial charge on any atom is 0.326 e.